The van der Waals surface area contributed by atoms with Gasteiger partial charge < -0.3 is 21.1 Å². The van der Waals surface area contributed by atoms with Gasteiger partial charge in [-0.1, -0.05) is 12.1 Å². The second-order valence-corrected chi connectivity index (χ2v) is 8.11. The number of benzene rings is 1. The summed E-state index contributed by atoms with van der Waals surface area (Å²) in [4.78, 5) is 38.7. The quantitative estimate of drug-likeness (QED) is 0.625. The maximum atomic E-state index is 12.7. The Balaban J connectivity index is 1.53. The van der Waals surface area contributed by atoms with Crippen molar-refractivity contribution in [1.29, 1.82) is 0 Å². The average molecular weight is 431 g/mol. The molecule has 1 atom stereocenters. The minimum absolute atomic E-state index is 0.0408. The predicted molar refractivity (Wildman–Crippen MR) is 117 cm³/mol. The normalized spacial score (nSPS) is 15.9. The van der Waals surface area contributed by atoms with Gasteiger partial charge in [0.15, 0.2) is 0 Å². The molecule has 1 aliphatic heterocycles. The number of nitrogens with zero attached hydrogens (tertiary/aromatic N) is 1. The molecule has 3 rings (SSSR count). The van der Waals surface area contributed by atoms with Crippen LogP contribution in [0.2, 0.25) is 0 Å². The molecule has 160 valence electrons. The molecule has 1 aromatic carbocycles. The molecule has 1 unspecified atom stereocenters. The number of methoxy groups -OCH3 is 1. The number of ether oxygens (including phenoxy) is 1. The van der Waals surface area contributed by atoms with Gasteiger partial charge in [0.05, 0.1) is 24.4 Å². The fourth-order valence-corrected chi connectivity index (χ4v) is 4.31. The van der Waals surface area contributed by atoms with Crippen molar-refractivity contribution in [3.63, 3.8) is 0 Å². The molecule has 1 saturated heterocycles. The maximum absolute atomic E-state index is 12.7. The van der Waals surface area contributed by atoms with Gasteiger partial charge in [-0.15, -0.1) is 11.3 Å². The van der Waals surface area contributed by atoms with Crippen LogP contribution in [0.25, 0.3) is 0 Å². The maximum Gasteiger partial charge on any atom is 0.251 e. The van der Waals surface area contributed by atoms with Crippen molar-refractivity contribution in [3.05, 3.63) is 41.3 Å². The zero-order valence-electron chi connectivity index (χ0n) is 17.0. The first-order valence-electron chi connectivity index (χ1n) is 9.76. The van der Waals surface area contributed by atoms with Gasteiger partial charge in [-0.05, 0) is 56.4 Å². The highest BCUT2D eigenvalue weighted by atomic mass is 32.1. The van der Waals surface area contributed by atoms with Crippen LogP contribution in [0.5, 0.6) is 5.75 Å². The lowest BCUT2D eigenvalue weighted by atomic mass is 9.94. The molecule has 2 aromatic rings. The Kier molecular flexibility index (Phi) is 7.07. The first kappa shape index (κ1) is 21.8. The molecule has 0 radical (unpaired) electrons. The molecule has 4 N–H and O–H groups in total. The first-order valence-corrected chi connectivity index (χ1v) is 10.6. The molecule has 0 spiro atoms. The largest absolute Gasteiger partial charge is 0.495 e. The lowest BCUT2D eigenvalue weighted by molar-refractivity contribution is -0.123. The van der Waals surface area contributed by atoms with E-state index < -0.39 is 5.91 Å². The summed E-state index contributed by atoms with van der Waals surface area (Å²) in [5.74, 6) is -0.309. The van der Waals surface area contributed by atoms with Gasteiger partial charge in [-0.25, -0.2) is 0 Å². The van der Waals surface area contributed by atoms with Crippen LogP contribution in [0, 0.1) is 5.92 Å². The van der Waals surface area contributed by atoms with Crippen LogP contribution in [-0.2, 0) is 9.59 Å². The van der Waals surface area contributed by atoms with Crippen molar-refractivity contribution in [1.82, 2.24) is 4.90 Å². The van der Waals surface area contributed by atoms with Crippen LogP contribution in [0.1, 0.15) is 30.1 Å². The highest BCUT2D eigenvalue weighted by Crippen LogP contribution is 2.27. The van der Waals surface area contributed by atoms with Crippen molar-refractivity contribution in [2.24, 2.45) is 11.7 Å². The SMILES string of the molecule is COc1ccccc1NC(=O)C1CCN(C(C)C(=O)Nc2sccc2C(N)=O)CC1. The van der Waals surface area contributed by atoms with Gasteiger partial charge in [-0.3, -0.25) is 19.3 Å². The molecule has 8 nitrogen and oxygen atoms in total. The molecule has 0 saturated carbocycles. The van der Waals surface area contributed by atoms with E-state index in [0.717, 1.165) is 0 Å². The molecule has 3 amide bonds. The van der Waals surface area contributed by atoms with Gasteiger partial charge in [-0.2, -0.15) is 0 Å². The zero-order valence-corrected chi connectivity index (χ0v) is 17.8. The smallest absolute Gasteiger partial charge is 0.251 e. The summed E-state index contributed by atoms with van der Waals surface area (Å²) in [5.41, 5.74) is 6.30. The van der Waals surface area contributed by atoms with Crippen molar-refractivity contribution < 1.29 is 19.1 Å². The van der Waals surface area contributed by atoms with Crippen molar-refractivity contribution in [2.75, 3.05) is 30.8 Å². The van der Waals surface area contributed by atoms with Crippen LogP contribution < -0.4 is 21.1 Å². The Morgan fingerprint density at radius 2 is 1.87 bits per heavy atom. The average Bonchev–Trinajstić information content (AvgIpc) is 3.22. The van der Waals surface area contributed by atoms with Gasteiger partial charge in [0.25, 0.3) is 5.91 Å². The van der Waals surface area contributed by atoms with E-state index in [1.165, 1.54) is 11.3 Å². The Bertz CT molecular complexity index is 921. The van der Waals surface area contributed by atoms with Crippen molar-refractivity contribution in [3.8, 4) is 5.75 Å². The topological polar surface area (TPSA) is 114 Å². The number of carbonyl (C=O) groups excluding carboxylic acids is 3. The number of likely N-dealkylation sites (tertiary alicyclic amines) is 1. The van der Waals surface area contributed by atoms with E-state index in [1.807, 2.05) is 30.0 Å². The Hall–Kier alpha value is -2.91. The van der Waals surface area contributed by atoms with Crippen LogP contribution in [0.3, 0.4) is 0 Å². The van der Waals surface area contributed by atoms with E-state index in [4.69, 9.17) is 10.5 Å². The molecule has 30 heavy (non-hydrogen) atoms. The fourth-order valence-electron chi connectivity index (χ4n) is 3.51. The van der Waals surface area contributed by atoms with E-state index >= 15 is 0 Å². The number of para-hydroxylation sites is 2. The summed E-state index contributed by atoms with van der Waals surface area (Å²) < 4.78 is 5.28. The predicted octanol–water partition coefficient (Wildman–Crippen LogP) is 2.53. The van der Waals surface area contributed by atoms with E-state index in [-0.39, 0.29) is 23.8 Å². The summed E-state index contributed by atoms with van der Waals surface area (Å²) >= 11 is 1.26. The lowest BCUT2D eigenvalue weighted by Crippen LogP contribution is -2.47. The number of thiophene rings is 1. The van der Waals surface area contributed by atoms with Gasteiger partial charge in [0.2, 0.25) is 11.8 Å². The number of hydrogen-bond acceptors (Lipinski definition) is 6. The van der Waals surface area contributed by atoms with Crippen LogP contribution >= 0.6 is 11.3 Å². The fraction of sp³-hybridized carbons (Fsp3) is 0.381. The molecule has 1 fully saturated rings. The standard InChI is InChI=1S/C21H26N4O4S/c1-13(19(27)24-21-15(18(22)26)9-12-30-21)25-10-7-14(8-11-25)20(28)23-16-5-3-4-6-17(16)29-2/h3-6,9,12-14H,7-8,10-11H2,1-2H3,(H2,22,26)(H,23,28)(H,24,27). The second kappa shape index (κ2) is 9.73. The monoisotopic (exact) mass is 430 g/mol. The molecule has 0 aliphatic carbocycles. The summed E-state index contributed by atoms with van der Waals surface area (Å²) in [5, 5.41) is 7.91. The van der Waals surface area contributed by atoms with E-state index in [1.54, 1.807) is 24.6 Å². The Morgan fingerprint density at radius 1 is 1.17 bits per heavy atom. The summed E-state index contributed by atoms with van der Waals surface area (Å²) in [7, 11) is 1.57. The molecule has 9 heteroatoms. The molecule has 0 bridgehead atoms. The third kappa shape index (κ3) is 4.98. The molecular weight excluding hydrogens is 404 g/mol. The lowest BCUT2D eigenvalue weighted by Gasteiger charge is -2.34. The number of carbonyl (C=O) groups is 3. The number of hydrogen-bond donors (Lipinski definition) is 3. The summed E-state index contributed by atoms with van der Waals surface area (Å²) in [6, 6.07) is 8.52. The van der Waals surface area contributed by atoms with E-state index in [2.05, 4.69) is 10.6 Å². The van der Waals surface area contributed by atoms with E-state index in [0.29, 0.717) is 47.9 Å². The number of anilines is 2. The molecule has 2 heterocycles. The van der Waals surface area contributed by atoms with Gasteiger partial charge in [0, 0.05) is 5.92 Å². The number of primary amides is 1. The molecular formula is C21H26N4O4S. The van der Waals surface area contributed by atoms with Gasteiger partial charge in [0.1, 0.15) is 10.8 Å². The minimum Gasteiger partial charge on any atom is -0.495 e. The van der Waals surface area contributed by atoms with Crippen molar-refractivity contribution >= 4 is 39.7 Å². The first-order chi connectivity index (χ1) is 14.4. The van der Waals surface area contributed by atoms with Crippen LogP contribution in [0.15, 0.2) is 35.7 Å². The molecule has 1 aliphatic rings. The Morgan fingerprint density at radius 3 is 2.53 bits per heavy atom. The zero-order chi connectivity index (χ0) is 21.7. The highest BCUT2D eigenvalue weighted by Gasteiger charge is 2.30. The number of nitrogens with one attached hydrogen (secondary N) is 2. The van der Waals surface area contributed by atoms with Crippen LogP contribution in [0.4, 0.5) is 10.7 Å². The molecule has 1 aromatic heterocycles. The minimum atomic E-state index is -0.568. The van der Waals surface area contributed by atoms with Gasteiger partial charge >= 0.3 is 0 Å². The van der Waals surface area contributed by atoms with Crippen LogP contribution in [-0.4, -0.2) is 48.9 Å². The number of rotatable bonds is 7. The van der Waals surface area contributed by atoms with E-state index in [9.17, 15) is 14.4 Å². The summed E-state index contributed by atoms with van der Waals surface area (Å²) in [6.45, 7) is 3.08. The van der Waals surface area contributed by atoms with Crippen molar-refractivity contribution in [2.45, 2.75) is 25.8 Å². The third-order valence-electron chi connectivity index (χ3n) is 5.36. The highest BCUT2D eigenvalue weighted by molar-refractivity contribution is 7.14. The summed E-state index contributed by atoms with van der Waals surface area (Å²) in [6.07, 6.45) is 1.31. The second-order valence-electron chi connectivity index (χ2n) is 7.19. The Labute approximate surface area is 179 Å². The number of nitrogens with two attached hydrogens (primary N) is 1. The third-order valence-corrected chi connectivity index (χ3v) is 6.19. The number of piperidine rings is 1. The number of amides is 3.